The van der Waals surface area contributed by atoms with E-state index in [0.29, 0.717) is 11.2 Å². The van der Waals surface area contributed by atoms with Crippen molar-refractivity contribution in [3.05, 3.63) is 47.4 Å². The number of aromatic nitrogens is 4. The van der Waals surface area contributed by atoms with Crippen LogP contribution in [0.25, 0.3) is 17.0 Å². The fourth-order valence-corrected chi connectivity index (χ4v) is 2.01. The third kappa shape index (κ3) is 2.09. The average molecular weight is 299 g/mol. The average Bonchev–Trinajstić information content (AvgIpc) is 2.83. The standard InChI is InChI=1S/C12H6ClF3N4/c13-9-11-19-18-10(20(11)5-4-17-9)7-2-1-3-8(6-7)12(14,15)16/h1-6H. The summed E-state index contributed by atoms with van der Waals surface area (Å²) in [4.78, 5) is 3.83. The summed E-state index contributed by atoms with van der Waals surface area (Å²) in [7, 11) is 0. The van der Waals surface area contributed by atoms with E-state index in [-0.39, 0.29) is 11.0 Å². The molecule has 2 heterocycles. The van der Waals surface area contributed by atoms with Gasteiger partial charge in [0.1, 0.15) is 0 Å². The lowest BCUT2D eigenvalue weighted by molar-refractivity contribution is -0.137. The minimum absolute atomic E-state index is 0.137. The minimum Gasteiger partial charge on any atom is -0.278 e. The maximum atomic E-state index is 12.7. The van der Waals surface area contributed by atoms with Crippen molar-refractivity contribution < 1.29 is 13.2 Å². The zero-order chi connectivity index (χ0) is 14.3. The van der Waals surface area contributed by atoms with Crippen LogP contribution in [0.3, 0.4) is 0 Å². The Labute approximate surface area is 115 Å². The van der Waals surface area contributed by atoms with Gasteiger partial charge in [-0.2, -0.15) is 13.2 Å². The van der Waals surface area contributed by atoms with Gasteiger partial charge in [-0.05, 0) is 12.1 Å². The predicted octanol–water partition coefficient (Wildman–Crippen LogP) is 3.46. The molecule has 0 aliphatic rings. The van der Waals surface area contributed by atoms with Crippen molar-refractivity contribution in [1.82, 2.24) is 19.6 Å². The molecule has 0 N–H and O–H groups in total. The SMILES string of the molecule is FC(F)(F)c1cccc(-c2nnc3c(Cl)nccn23)c1. The number of fused-ring (bicyclic) bond motifs is 1. The molecule has 0 saturated heterocycles. The van der Waals surface area contributed by atoms with Gasteiger partial charge in [-0.1, -0.05) is 23.7 Å². The summed E-state index contributed by atoms with van der Waals surface area (Å²) in [5.74, 6) is 0.274. The highest BCUT2D eigenvalue weighted by molar-refractivity contribution is 6.32. The molecular weight excluding hydrogens is 293 g/mol. The topological polar surface area (TPSA) is 43.1 Å². The molecule has 2 aromatic heterocycles. The Morgan fingerprint density at radius 2 is 1.95 bits per heavy atom. The minimum atomic E-state index is -4.41. The summed E-state index contributed by atoms with van der Waals surface area (Å²) >= 11 is 5.85. The van der Waals surface area contributed by atoms with Crippen LogP contribution in [-0.4, -0.2) is 19.6 Å². The first kappa shape index (κ1) is 12.9. The molecule has 0 saturated carbocycles. The molecule has 3 rings (SSSR count). The molecule has 102 valence electrons. The van der Waals surface area contributed by atoms with E-state index in [1.54, 1.807) is 0 Å². The van der Waals surface area contributed by atoms with Gasteiger partial charge in [0.25, 0.3) is 0 Å². The molecule has 0 amide bonds. The first-order valence-electron chi connectivity index (χ1n) is 5.50. The maximum Gasteiger partial charge on any atom is 0.416 e. The van der Waals surface area contributed by atoms with Crippen molar-refractivity contribution in [3.63, 3.8) is 0 Å². The van der Waals surface area contributed by atoms with Crippen LogP contribution in [0.4, 0.5) is 13.2 Å². The molecule has 20 heavy (non-hydrogen) atoms. The van der Waals surface area contributed by atoms with Crippen molar-refractivity contribution in [2.75, 3.05) is 0 Å². The summed E-state index contributed by atoms with van der Waals surface area (Å²) in [6, 6.07) is 4.87. The molecule has 0 radical (unpaired) electrons. The molecule has 0 atom stereocenters. The second-order valence-corrected chi connectivity index (χ2v) is 4.37. The molecule has 1 aromatic carbocycles. The van der Waals surface area contributed by atoms with Gasteiger partial charge in [0.15, 0.2) is 16.6 Å². The molecular formula is C12H6ClF3N4. The molecule has 0 spiro atoms. The van der Waals surface area contributed by atoms with Gasteiger partial charge >= 0.3 is 6.18 Å². The highest BCUT2D eigenvalue weighted by atomic mass is 35.5. The summed E-state index contributed by atoms with van der Waals surface area (Å²) in [6.07, 6.45) is -1.44. The van der Waals surface area contributed by atoms with Crippen molar-refractivity contribution in [2.45, 2.75) is 6.18 Å². The first-order valence-corrected chi connectivity index (χ1v) is 5.87. The van der Waals surface area contributed by atoms with E-state index in [2.05, 4.69) is 15.2 Å². The summed E-state index contributed by atoms with van der Waals surface area (Å²) in [5, 5.41) is 7.83. The predicted molar refractivity (Wildman–Crippen MR) is 66.2 cm³/mol. The molecule has 0 aliphatic heterocycles. The third-order valence-electron chi connectivity index (χ3n) is 2.73. The van der Waals surface area contributed by atoms with Gasteiger partial charge in [0.2, 0.25) is 0 Å². The van der Waals surface area contributed by atoms with Crippen LogP contribution < -0.4 is 0 Å². The molecule has 0 aliphatic carbocycles. The van der Waals surface area contributed by atoms with Gasteiger partial charge in [0, 0.05) is 18.0 Å². The number of alkyl halides is 3. The lowest BCUT2D eigenvalue weighted by atomic mass is 10.1. The fraction of sp³-hybridized carbons (Fsp3) is 0.0833. The number of nitrogens with zero attached hydrogens (tertiary/aromatic N) is 4. The lowest BCUT2D eigenvalue weighted by Gasteiger charge is -2.07. The van der Waals surface area contributed by atoms with Gasteiger partial charge < -0.3 is 0 Å². The van der Waals surface area contributed by atoms with E-state index in [0.717, 1.165) is 12.1 Å². The monoisotopic (exact) mass is 298 g/mol. The number of benzene rings is 1. The van der Waals surface area contributed by atoms with E-state index < -0.39 is 11.7 Å². The van der Waals surface area contributed by atoms with Crippen LogP contribution in [0.5, 0.6) is 0 Å². The van der Waals surface area contributed by atoms with Crippen molar-refractivity contribution >= 4 is 17.2 Å². The zero-order valence-electron chi connectivity index (χ0n) is 9.76. The van der Waals surface area contributed by atoms with Crippen molar-refractivity contribution in [3.8, 4) is 11.4 Å². The van der Waals surface area contributed by atoms with Crippen LogP contribution in [0, 0.1) is 0 Å². The summed E-state index contributed by atoms with van der Waals surface area (Å²) in [5.41, 5.74) is -0.150. The second-order valence-electron chi connectivity index (χ2n) is 4.01. The molecule has 3 aromatic rings. The fourth-order valence-electron chi connectivity index (χ4n) is 1.83. The van der Waals surface area contributed by atoms with Crippen LogP contribution in [0.1, 0.15) is 5.56 Å². The molecule has 0 fully saturated rings. The van der Waals surface area contributed by atoms with E-state index in [1.807, 2.05) is 0 Å². The van der Waals surface area contributed by atoms with Gasteiger partial charge in [-0.25, -0.2) is 4.98 Å². The normalized spacial score (nSPS) is 12.0. The summed E-state index contributed by atoms with van der Waals surface area (Å²) < 4.78 is 39.6. The van der Waals surface area contributed by atoms with Gasteiger partial charge in [-0.15, -0.1) is 10.2 Å². The number of hydrogen-bond acceptors (Lipinski definition) is 3. The first-order chi connectivity index (χ1) is 9.47. The number of rotatable bonds is 1. The number of halogens is 4. The van der Waals surface area contributed by atoms with Gasteiger partial charge in [0.05, 0.1) is 5.56 Å². The Morgan fingerprint density at radius 1 is 1.15 bits per heavy atom. The lowest BCUT2D eigenvalue weighted by Crippen LogP contribution is -2.04. The molecule has 0 unspecified atom stereocenters. The van der Waals surface area contributed by atoms with Gasteiger partial charge in [-0.3, -0.25) is 4.40 Å². The van der Waals surface area contributed by atoms with Crippen molar-refractivity contribution in [2.24, 2.45) is 0 Å². The third-order valence-corrected chi connectivity index (χ3v) is 3.00. The summed E-state index contributed by atoms with van der Waals surface area (Å²) in [6.45, 7) is 0. The molecule has 8 heteroatoms. The Morgan fingerprint density at radius 3 is 2.70 bits per heavy atom. The van der Waals surface area contributed by atoms with Crippen molar-refractivity contribution in [1.29, 1.82) is 0 Å². The van der Waals surface area contributed by atoms with E-state index in [9.17, 15) is 13.2 Å². The highest BCUT2D eigenvalue weighted by Crippen LogP contribution is 2.32. The second kappa shape index (κ2) is 4.45. The van der Waals surface area contributed by atoms with Crippen LogP contribution in [0.2, 0.25) is 5.15 Å². The Balaban J connectivity index is 2.19. The molecule has 4 nitrogen and oxygen atoms in total. The van der Waals surface area contributed by atoms with Crippen LogP contribution in [-0.2, 0) is 6.18 Å². The maximum absolute atomic E-state index is 12.7. The largest absolute Gasteiger partial charge is 0.416 e. The van der Waals surface area contributed by atoms with E-state index in [4.69, 9.17) is 11.6 Å². The quantitative estimate of drug-likeness (QED) is 0.691. The number of hydrogen-bond donors (Lipinski definition) is 0. The highest BCUT2D eigenvalue weighted by Gasteiger charge is 2.30. The smallest absolute Gasteiger partial charge is 0.278 e. The Bertz CT molecular complexity index is 782. The van der Waals surface area contributed by atoms with Crippen LogP contribution >= 0.6 is 11.6 Å². The zero-order valence-corrected chi connectivity index (χ0v) is 10.5. The molecule has 0 bridgehead atoms. The Hall–Kier alpha value is -2.15. The van der Waals surface area contributed by atoms with E-state index >= 15 is 0 Å². The van der Waals surface area contributed by atoms with E-state index in [1.165, 1.54) is 28.9 Å². The van der Waals surface area contributed by atoms with Crippen LogP contribution in [0.15, 0.2) is 36.7 Å². The Kier molecular flexibility index (Phi) is 2.86.